The minimum Gasteiger partial charge on any atom is -0.387 e. The molecule has 2 rings (SSSR count). The number of aromatic nitrogens is 2. The fourth-order valence-electron chi connectivity index (χ4n) is 1.98. The summed E-state index contributed by atoms with van der Waals surface area (Å²) in [5, 5.41) is 9.62. The Morgan fingerprint density at radius 1 is 1.67 bits per heavy atom. The minimum atomic E-state index is -2.23. The van der Waals surface area contributed by atoms with Crippen molar-refractivity contribution in [1.29, 1.82) is 0 Å². The van der Waals surface area contributed by atoms with E-state index in [1.807, 2.05) is 0 Å². The van der Waals surface area contributed by atoms with Gasteiger partial charge >= 0.3 is 5.69 Å². The van der Waals surface area contributed by atoms with Gasteiger partial charge in [-0.05, 0) is 13.8 Å². The topological polar surface area (TPSA) is 90.4 Å². The third-order valence-electron chi connectivity index (χ3n) is 3.04. The Labute approximate surface area is 101 Å². The van der Waals surface area contributed by atoms with Crippen LogP contribution in [0.25, 0.3) is 0 Å². The maximum Gasteiger partial charge on any atom is 0.351 e. The van der Waals surface area contributed by atoms with Gasteiger partial charge in [0.05, 0.1) is 12.3 Å². The summed E-state index contributed by atoms with van der Waals surface area (Å²) in [5.74, 6) is -1.52. The number of rotatable bonds is 1. The summed E-state index contributed by atoms with van der Waals surface area (Å²) in [6, 6.07) is 0. The minimum absolute atomic E-state index is 0.566. The predicted octanol–water partition coefficient (Wildman–Crippen LogP) is -0.0290. The number of hydrogen-bond donors (Lipinski definition) is 2. The monoisotopic (exact) mass is 261 g/mol. The number of aliphatic hydroxyl groups is 1. The molecule has 0 saturated carbocycles. The molecule has 0 radical (unpaired) electrons. The molecule has 0 amide bonds. The first kappa shape index (κ1) is 12.9. The molecule has 6 nitrogen and oxygen atoms in total. The fraction of sp³-hybridized carbons (Fsp3) is 0.600. The molecule has 0 spiro atoms. The van der Waals surface area contributed by atoms with Crippen molar-refractivity contribution in [3.8, 4) is 0 Å². The molecule has 1 aliphatic heterocycles. The molecule has 1 aromatic rings. The molecule has 3 N–H and O–H groups in total. The Hall–Kier alpha value is -1.54. The lowest BCUT2D eigenvalue weighted by Gasteiger charge is -2.24. The van der Waals surface area contributed by atoms with Crippen LogP contribution in [-0.4, -0.2) is 32.5 Å². The highest BCUT2D eigenvalue weighted by atomic mass is 19.1. The van der Waals surface area contributed by atoms with Crippen LogP contribution in [0.5, 0.6) is 0 Å². The lowest BCUT2D eigenvalue weighted by Crippen LogP contribution is -2.42. The molecular weight excluding hydrogens is 248 g/mol. The number of nitrogen functional groups attached to an aromatic ring is 1. The molecule has 8 heteroatoms. The first-order valence-corrected chi connectivity index (χ1v) is 5.31. The van der Waals surface area contributed by atoms with Crippen molar-refractivity contribution >= 4 is 5.82 Å². The molecule has 0 unspecified atom stereocenters. The van der Waals surface area contributed by atoms with Crippen LogP contribution >= 0.6 is 0 Å². The van der Waals surface area contributed by atoms with Crippen molar-refractivity contribution in [3.63, 3.8) is 0 Å². The molecule has 2 heterocycles. The molecule has 1 saturated heterocycles. The summed E-state index contributed by atoms with van der Waals surface area (Å²) in [6.07, 6.45) is -2.97. The second-order valence-corrected chi connectivity index (χ2v) is 4.45. The lowest BCUT2D eigenvalue weighted by molar-refractivity contribution is -0.0479. The summed E-state index contributed by atoms with van der Waals surface area (Å²) in [6.45, 7) is 2.53. The Bertz CT molecular complexity index is 532. The predicted molar refractivity (Wildman–Crippen MR) is 58.0 cm³/mol. The fourth-order valence-corrected chi connectivity index (χ4v) is 1.98. The van der Waals surface area contributed by atoms with Crippen LogP contribution in [-0.2, 0) is 4.74 Å². The van der Waals surface area contributed by atoms with Gasteiger partial charge in [0.15, 0.2) is 23.5 Å². The van der Waals surface area contributed by atoms with E-state index in [0.29, 0.717) is 4.57 Å². The normalized spacial score (nSPS) is 35.9. The van der Waals surface area contributed by atoms with Gasteiger partial charge in [0.25, 0.3) is 0 Å². The van der Waals surface area contributed by atoms with Crippen molar-refractivity contribution in [1.82, 2.24) is 9.55 Å². The van der Waals surface area contributed by atoms with E-state index in [4.69, 9.17) is 10.5 Å². The highest BCUT2D eigenvalue weighted by molar-refractivity contribution is 5.26. The van der Waals surface area contributed by atoms with Gasteiger partial charge in [-0.15, -0.1) is 0 Å². The number of ether oxygens (including phenoxy) is 1. The first-order chi connectivity index (χ1) is 8.25. The zero-order valence-corrected chi connectivity index (χ0v) is 9.80. The van der Waals surface area contributed by atoms with Gasteiger partial charge in [-0.25, -0.2) is 13.6 Å². The van der Waals surface area contributed by atoms with Crippen LogP contribution in [0.3, 0.4) is 0 Å². The van der Waals surface area contributed by atoms with Gasteiger partial charge in [0.2, 0.25) is 0 Å². The second-order valence-electron chi connectivity index (χ2n) is 4.45. The highest BCUT2D eigenvalue weighted by Gasteiger charge is 2.53. The largest absolute Gasteiger partial charge is 0.387 e. The van der Waals surface area contributed by atoms with Gasteiger partial charge in [-0.2, -0.15) is 4.98 Å². The third kappa shape index (κ3) is 1.77. The number of nitrogens with zero attached hydrogens (tertiary/aromatic N) is 2. The van der Waals surface area contributed by atoms with Crippen LogP contribution in [0.15, 0.2) is 11.0 Å². The Morgan fingerprint density at radius 2 is 2.28 bits per heavy atom. The van der Waals surface area contributed by atoms with E-state index in [0.717, 1.165) is 13.1 Å². The highest BCUT2D eigenvalue weighted by Crippen LogP contribution is 2.40. The molecule has 18 heavy (non-hydrogen) atoms. The van der Waals surface area contributed by atoms with Gasteiger partial charge < -0.3 is 15.6 Å². The maximum atomic E-state index is 14.3. The Kier molecular flexibility index (Phi) is 2.86. The average Bonchev–Trinajstić information content (AvgIpc) is 2.48. The van der Waals surface area contributed by atoms with E-state index in [1.165, 1.54) is 6.92 Å². The van der Waals surface area contributed by atoms with E-state index in [2.05, 4.69) is 4.98 Å². The van der Waals surface area contributed by atoms with Crippen molar-refractivity contribution in [2.24, 2.45) is 0 Å². The van der Waals surface area contributed by atoms with E-state index >= 15 is 0 Å². The zero-order valence-electron chi connectivity index (χ0n) is 9.80. The zero-order chi connectivity index (χ0) is 13.7. The molecule has 4 atom stereocenters. The molecule has 1 aliphatic rings. The third-order valence-corrected chi connectivity index (χ3v) is 3.04. The number of anilines is 1. The van der Waals surface area contributed by atoms with Crippen molar-refractivity contribution in [2.75, 3.05) is 5.73 Å². The number of halogens is 2. The summed E-state index contributed by atoms with van der Waals surface area (Å²) in [7, 11) is 0. The van der Waals surface area contributed by atoms with Crippen LogP contribution in [0.2, 0.25) is 0 Å². The number of alkyl halides is 1. The Balaban J connectivity index is 2.51. The average molecular weight is 261 g/mol. The molecule has 1 aromatic heterocycles. The van der Waals surface area contributed by atoms with Crippen molar-refractivity contribution < 1.29 is 18.6 Å². The lowest BCUT2D eigenvalue weighted by atomic mass is 9.99. The summed E-state index contributed by atoms with van der Waals surface area (Å²) >= 11 is 0. The first-order valence-electron chi connectivity index (χ1n) is 5.31. The standard InChI is InChI=1S/C10H13F2N3O3/c1-4-6(16)10(2,12)8(18-4)15-3-5(11)7(13)14-9(15)17/h3-4,6,8,16H,1-2H3,(H2,13,14,17)/t4-,6-,8-,10-/m1/s1. The summed E-state index contributed by atoms with van der Waals surface area (Å²) < 4.78 is 33.4. The van der Waals surface area contributed by atoms with E-state index in [1.54, 1.807) is 0 Å². The van der Waals surface area contributed by atoms with E-state index < -0.39 is 41.4 Å². The SMILES string of the molecule is C[C@H]1O[C@@H](n2cc(F)c(N)nc2=O)[C@](C)(F)[C@@H]1O. The number of aliphatic hydroxyl groups excluding tert-OH is 1. The van der Waals surface area contributed by atoms with Gasteiger partial charge in [0.1, 0.15) is 6.10 Å². The van der Waals surface area contributed by atoms with Crippen LogP contribution in [0, 0.1) is 5.82 Å². The number of nitrogens with two attached hydrogens (primary N) is 1. The quantitative estimate of drug-likeness (QED) is 0.741. The van der Waals surface area contributed by atoms with E-state index in [-0.39, 0.29) is 0 Å². The molecule has 0 aliphatic carbocycles. The molecule has 0 bridgehead atoms. The maximum absolute atomic E-state index is 14.3. The molecule has 0 aromatic carbocycles. The van der Waals surface area contributed by atoms with Crippen LogP contribution in [0.1, 0.15) is 20.1 Å². The number of hydrogen-bond acceptors (Lipinski definition) is 5. The van der Waals surface area contributed by atoms with Crippen molar-refractivity contribution in [2.45, 2.75) is 38.0 Å². The van der Waals surface area contributed by atoms with Crippen LogP contribution in [0.4, 0.5) is 14.6 Å². The summed E-state index contributed by atoms with van der Waals surface area (Å²) in [5.41, 5.74) is 1.96. The molecule has 1 fully saturated rings. The Morgan fingerprint density at radius 3 is 2.78 bits per heavy atom. The van der Waals surface area contributed by atoms with Crippen LogP contribution < -0.4 is 11.4 Å². The second kappa shape index (κ2) is 3.99. The molecular formula is C10H13F2N3O3. The van der Waals surface area contributed by atoms with E-state index in [9.17, 15) is 18.7 Å². The summed E-state index contributed by atoms with van der Waals surface area (Å²) in [4.78, 5) is 14.8. The van der Waals surface area contributed by atoms with Gasteiger partial charge in [-0.1, -0.05) is 0 Å². The van der Waals surface area contributed by atoms with Crippen molar-refractivity contribution in [3.05, 3.63) is 22.5 Å². The smallest absolute Gasteiger partial charge is 0.351 e. The van der Waals surface area contributed by atoms with Gasteiger partial charge in [0, 0.05) is 0 Å². The van der Waals surface area contributed by atoms with Gasteiger partial charge in [-0.3, -0.25) is 4.57 Å². The molecule has 100 valence electrons.